The Hall–Kier alpha value is -2.96. The molecule has 1 N–H and O–H groups in total. The second-order valence-corrected chi connectivity index (χ2v) is 5.33. The Balaban J connectivity index is 2.04. The summed E-state index contributed by atoms with van der Waals surface area (Å²) in [5.41, 5.74) is 2.35. The molecule has 2 rings (SSSR count). The SMILES string of the molecule is C=CC(=O)Nc1cccc(CC(=O)N(CC)Cc2cnnn2C)c1. The summed E-state index contributed by atoms with van der Waals surface area (Å²) >= 11 is 0. The molecule has 1 aromatic carbocycles. The largest absolute Gasteiger partial charge is 0.337 e. The van der Waals surface area contributed by atoms with Crippen molar-refractivity contribution >= 4 is 17.5 Å². The van der Waals surface area contributed by atoms with Crippen molar-refractivity contribution in [2.24, 2.45) is 7.05 Å². The maximum Gasteiger partial charge on any atom is 0.247 e. The minimum Gasteiger partial charge on any atom is -0.337 e. The maximum atomic E-state index is 12.5. The molecule has 7 nitrogen and oxygen atoms in total. The van der Waals surface area contributed by atoms with Crippen molar-refractivity contribution in [1.29, 1.82) is 0 Å². The molecule has 1 aromatic heterocycles. The van der Waals surface area contributed by atoms with Gasteiger partial charge in [0.05, 0.1) is 24.9 Å². The Morgan fingerprint density at radius 1 is 1.42 bits per heavy atom. The molecule has 0 aliphatic rings. The second kappa shape index (κ2) is 8.05. The van der Waals surface area contributed by atoms with E-state index in [1.807, 2.05) is 19.1 Å². The third-order valence-electron chi connectivity index (χ3n) is 3.63. The number of carbonyl (C=O) groups is 2. The summed E-state index contributed by atoms with van der Waals surface area (Å²) in [5.74, 6) is -0.275. The molecule has 2 amide bonds. The topological polar surface area (TPSA) is 80.1 Å². The van der Waals surface area contributed by atoms with Gasteiger partial charge in [-0.25, -0.2) is 0 Å². The van der Waals surface area contributed by atoms with Crippen LogP contribution in [0.25, 0.3) is 0 Å². The number of rotatable bonds is 7. The number of benzene rings is 1. The number of carbonyl (C=O) groups excluding carboxylic acids is 2. The normalized spacial score (nSPS) is 10.2. The quantitative estimate of drug-likeness (QED) is 0.782. The van der Waals surface area contributed by atoms with Gasteiger partial charge in [-0.15, -0.1) is 5.10 Å². The van der Waals surface area contributed by atoms with Crippen LogP contribution in [0.1, 0.15) is 18.2 Å². The predicted molar refractivity (Wildman–Crippen MR) is 91.1 cm³/mol. The van der Waals surface area contributed by atoms with E-state index in [1.165, 1.54) is 6.08 Å². The van der Waals surface area contributed by atoms with Crippen LogP contribution in [0.3, 0.4) is 0 Å². The molecule has 7 heteroatoms. The first kappa shape index (κ1) is 17.4. The van der Waals surface area contributed by atoms with E-state index in [0.29, 0.717) is 18.8 Å². The molecular formula is C17H21N5O2. The molecule has 0 bridgehead atoms. The Kier molecular flexibility index (Phi) is 5.83. The highest BCUT2D eigenvalue weighted by atomic mass is 16.2. The van der Waals surface area contributed by atoms with Crippen LogP contribution in [0.15, 0.2) is 43.1 Å². The van der Waals surface area contributed by atoms with Crippen LogP contribution in [0.2, 0.25) is 0 Å². The van der Waals surface area contributed by atoms with Gasteiger partial charge >= 0.3 is 0 Å². The standard InChI is InChI=1S/C17H21N5O2/c1-4-16(23)19-14-8-6-7-13(9-14)10-17(24)22(5-2)12-15-11-18-20-21(15)3/h4,6-9,11H,1,5,10,12H2,2-3H3,(H,19,23). The smallest absolute Gasteiger partial charge is 0.247 e. The number of likely N-dealkylation sites (N-methyl/N-ethyl adjacent to an activating group) is 1. The van der Waals surface area contributed by atoms with Crippen LogP contribution in [0.4, 0.5) is 5.69 Å². The summed E-state index contributed by atoms with van der Waals surface area (Å²) in [4.78, 5) is 25.6. The average molecular weight is 327 g/mol. The second-order valence-electron chi connectivity index (χ2n) is 5.33. The fraction of sp³-hybridized carbons (Fsp3) is 0.294. The lowest BCUT2D eigenvalue weighted by atomic mass is 10.1. The first-order valence-corrected chi connectivity index (χ1v) is 7.67. The predicted octanol–water partition coefficient (Wildman–Crippen LogP) is 1.53. The van der Waals surface area contributed by atoms with E-state index in [9.17, 15) is 9.59 Å². The lowest BCUT2D eigenvalue weighted by Gasteiger charge is -2.20. The van der Waals surface area contributed by atoms with Gasteiger partial charge in [-0.05, 0) is 30.7 Å². The molecule has 126 valence electrons. The first-order valence-electron chi connectivity index (χ1n) is 7.67. The van der Waals surface area contributed by atoms with Gasteiger partial charge in [0, 0.05) is 19.3 Å². The van der Waals surface area contributed by atoms with E-state index in [0.717, 1.165) is 11.3 Å². The first-order chi connectivity index (χ1) is 11.5. The van der Waals surface area contributed by atoms with Crippen molar-refractivity contribution in [2.75, 3.05) is 11.9 Å². The van der Waals surface area contributed by atoms with Gasteiger partial charge < -0.3 is 10.2 Å². The minimum absolute atomic E-state index is 0.00546. The summed E-state index contributed by atoms with van der Waals surface area (Å²) in [6.45, 7) is 6.41. The molecule has 0 unspecified atom stereocenters. The van der Waals surface area contributed by atoms with Crippen LogP contribution in [0, 0.1) is 0 Å². The van der Waals surface area contributed by atoms with E-state index in [1.54, 1.807) is 35.0 Å². The summed E-state index contributed by atoms with van der Waals surface area (Å²) in [6, 6.07) is 7.23. The zero-order chi connectivity index (χ0) is 17.5. The zero-order valence-electron chi connectivity index (χ0n) is 13.9. The molecule has 0 aliphatic carbocycles. The Labute approximate surface area is 141 Å². The Bertz CT molecular complexity index is 738. The summed E-state index contributed by atoms with van der Waals surface area (Å²) in [7, 11) is 1.80. The number of nitrogens with zero attached hydrogens (tertiary/aromatic N) is 4. The highest BCUT2D eigenvalue weighted by molar-refractivity contribution is 5.98. The Morgan fingerprint density at radius 2 is 2.21 bits per heavy atom. The van der Waals surface area contributed by atoms with Crippen LogP contribution >= 0.6 is 0 Å². The summed E-state index contributed by atoms with van der Waals surface area (Å²) in [6.07, 6.45) is 3.12. The molecule has 0 radical (unpaired) electrons. The average Bonchev–Trinajstić information content (AvgIpc) is 2.97. The number of anilines is 1. The number of nitrogens with one attached hydrogen (secondary N) is 1. The number of amides is 2. The molecule has 0 saturated heterocycles. The molecule has 0 saturated carbocycles. The third kappa shape index (κ3) is 4.52. The van der Waals surface area contributed by atoms with Crippen molar-refractivity contribution in [1.82, 2.24) is 19.9 Å². The fourth-order valence-electron chi connectivity index (χ4n) is 2.26. The fourth-order valence-corrected chi connectivity index (χ4v) is 2.26. The highest BCUT2D eigenvalue weighted by Crippen LogP contribution is 2.13. The monoisotopic (exact) mass is 327 g/mol. The third-order valence-corrected chi connectivity index (χ3v) is 3.63. The highest BCUT2D eigenvalue weighted by Gasteiger charge is 2.15. The van der Waals surface area contributed by atoms with Gasteiger partial charge in [0.1, 0.15) is 0 Å². The van der Waals surface area contributed by atoms with E-state index in [2.05, 4.69) is 22.2 Å². The van der Waals surface area contributed by atoms with Crippen molar-refractivity contribution < 1.29 is 9.59 Å². The van der Waals surface area contributed by atoms with E-state index < -0.39 is 0 Å². The van der Waals surface area contributed by atoms with Crippen molar-refractivity contribution in [3.8, 4) is 0 Å². The molecule has 2 aromatic rings. The van der Waals surface area contributed by atoms with Gasteiger partial charge in [0.2, 0.25) is 11.8 Å². The van der Waals surface area contributed by atoms with Crippen LogP contribution in [-0.2, 0) is 29.6 Å². The number of aromatic nitrogens is 3. The van der Waals surface area contributed by atoms with Gasteiger partial charge in [-0.1, -0.05) is 23.9 Å². The van der Waals surface area contributed by atoms with Gasteiger partial charge in [-0.2, -0.15) is 0 Å². The molecule has 24 heavy (non-hydrogen) atoms. The van der Waals surface area contributed by atoms with Crippen LogP contribution < -0.4 is 5.32 Å². The van der Waals surface area contributed by atoms with Crippen molar-refractivity contribution in [3.05, 3.63) is 54.4 Å². The van der Waals surface area contributed by atoms with Gasteiger partial charge in [0.25, 0.3) is 0 Å². The minimum atomic E-state index is -0.280. The van der Waals surface area contributed by atoms with Crippen molar-refractivity contribution in [2.45, 2.75) is 19.9 Å². The van der Waals surface area contributed by atoms with Crippen LogP contribution in [-0.4, -0.2) is 38.3 Å². The lowest BCUT2D eigenvalue weighted by molar-refractivity contribution is -0.131. The molecule has 0 fully saturated rings. The molecule has 1 heterocycles. The lowest BCUT2D eigenvalue weighted by Crippen LogP contribution is -2.32. The summed E-state index contributed by atoms with van der Waals surface area (Å²) in [5, 5.41) is 10.4. The molecule has 0 atom stereocenters. The molecule has 0 spiro atoms. The van der Waals surface area contributed by atoms with Gasteiger partial charge in [-0.3, -0.25) is 14.3 Å². The number of hydrogen-bond acceptors (Lipinski definition) is 4. The maximum absolute atomic E-state index is 12.5. The molecule has 0 aliphatic heterocycles. The Morgan fingerprint density at radius 3 is 2.83 bits per heavy atom. The van der Waals surface area contributed by atoms with Crippen LogP contribution in [0.5, 0.6) is 0 Å². The van der Waals surface area contributed by atoms with Crippen molar-refractivity contribution in [3.63, 3.8) is 0 Å². The number of hydrogen-bond donors (Lipinski definition) is 1. The summed E-state index contributed by atoms with van der Waals surface area (Å²) < 4.78 is 1.65. The van der Waals surface area contributed by atoms with E-state index >= 15 is 0 Å². The molecular weight excluding hydrogens is 306 g/mol. The van der Waals surface area contributed by atoms with Gasteiger partial charge in [0.15, 0.2) is 0 Å². The van der Waals surface area contributed by atoms with E-state index in [4.69, 9.17) is 0 Å². The van der Waals surface area contributed by atoms with E-state index in [-0.39, 0.29) is 18.2 Å². The zero-order valence-corrected chi connectivity index (χ0v) is 13.9. The number of aryl methyl sites for hydroxylation is 1.